The van der Waals surface area contributed by atoms with E-state index in [9.17, 15) is 9.90 Å². The number of hydrogen-bond donors (Lipinski definition) is 1. The third-order valence-electron chi connectivity index (χ3n) is 6.15. The first-order chi connectivity index (χ1) is 15.1. The smallest absolute Gasteiger partial charge is 0.167 e. The first-order valence-corrected chi connectivity index (χ1v) is 10.8. The number of carbonyl (C=O) groups excluding carboxylic acids is 1. The van der Waals surface area contributed by atoms with Gasteiger partial charge in [-0.3, -0.25) is 4.79 Å². The van der Waals surface area contributed by atoms with Crippen LogP contribution in [-0.2, 0) is 6.42 Å². The van der Waals surface area contributed by atoms with Crippen molar-refractivity contribution in [3.63, 3.8) is 0 Å². The Kier molecular flexibility index (Phi) is 6.42. The molecule has 0 aliphatic carbocycles. The number of carbonyl (C=O) groups is 1. The van der Waals surface area contributed by atoms with Gasteiger partial charge in [0, 0.05) is 24.6 Å². The molecule has 0 spiro atoms. The van der Waals surface area contributed by atoms with E-state index in [1.54, 1.807) is 26.4 Å². The number of phenols is 1. The Morgan fingerprint density at radius 2 is 1.77 bits per heavy atom. The molecule has 0 amide bonds. The molecule has 5 heteroatoms. The summed E-state index contributed by atoms with van der Waals surface area (Å²) in [6.45, 7) is 2.73. The van der Waals surface area contributed by atoms with Gasteiger partial charge in [0.15, 0.2) is 17.3 Å². The number of rotatable bonds is 7. The number of piperidine rings is 1. The Labute approximate surface area is 183 Å². The van der Waals surface area contributed by atoms with E-state index in [1.165, 1.54) is 5.56 Å². The van der Waals surface area contributed by atoms with E-state index < -0.39 is 0 Å². The highest BCUT2D eigenvalue weighted by Crippen LogP contribution is 2.29. The molecule has 1 aliphatic rings. The van der Waals surface area contributed by atoms with Crippen molar-refractivity contribution in [3.05, 3.63) is 65.7 Å². The summed E-state index contributed by atoms with van der Waals surface area (Å²) in [5.41, 5.74) is 1.95. The van der Waals surface area contributed by atoms with Crippen LogP contribution in [0.4, 0.5) is 0 Å². The first kappa shape index (κ1) is 21.2. The SMILES string of the molecule is COc1ccc(CCN2CCCC(C(=O)c3ccc4cc(O)ccc4c3)C2)cc1OC. The van der Waals surface area contributed by atoms with Crippen molar-refractivity contribution in [1.29, 1.82) is 0 Å². The second-order valence-corrected chi connectivity index (χ2v) is 8.19. The summed E-state index contributed by atoms with van der Waals surface area (Å²) in [6, 6.07) is 17.0. The molecule has 5 nitrogen and oxygen atoms in total. The molecule has 0 aromatic heterocycles. The van der Waals surface area contributed by atoms with E-state index in [0.29, 0.717) is 0 Å². The quantitative estimate of drug-likeness (QED) is 0.563. The molecule has 1 saturated heterocycles. The van der Waals surface area contributed by atoms with E-state index in [2.05, 4.69) is 11.0 Å². The summed E-state index contributed by atoms with van der Waals surface area (Å²) in [5.74, 6) is 1.96. The predicted octanol–water partition coefficient (Wildman–Crippen LogP) is 4.70. The van der Waals surface area contributed by atoms with Gasteiger partial charge in [-0.05, 0) is 72.5 Å². The molecule has 4 rings (SSSR count). The molecule has 162 valence electrons. The number of likely N-dealkylation sites (tertiary alicyclic amines) is 1. The van der Waals surface area contributed by atoms with Crippen molar-refractivity contribution in [2.45, 2.75) is 19.3 Å². The molecule has 1 aliphatic heterocycles. The Hall–Kier alpha value is -3.05. The molecule has 0 radical (unpaired) electrons. The third-order valence-corrected chi connectivity index (χ3v) is 6.15. The topological polar surface area (TPSA) is 59.0 Å². The normalized spacial score (nSPS) is 16.9. The zero-order chi connectivity index (χ0) is 21.8. The molecule has 1 N–H and O–H groups in total. The van der Waals surface area contributed by atoms with Crippen molar-refractivity contribution >= 4 is 16.6 Å². The average molecular weight is 420 g/mol. The fourth-order valence-electron chi connectivity index (χ4n) is 4.42. The van der Waals surface area contributed by atoms with Gasteiger partial charge in [0.25, 0.3) is 0 Å². The molecule has 1 unspecified atom stereocenters. The van der Waals surface area contributed by atoms with Crippen LogP contribution in [-0.4, -0.2) is 49.6 Å². The van der Waals surface area contributed by atoms with Gasteiger partial charge in [-0.15, -0.1) is 0 Å². The number of Topliss-reactive ketones (excluding diaryl/α,β-unsaturated/α-hetero) is 1. The maximum absolute atomic E-state index is 13.2. The second-order valence-electron chi connectivity index (χ2n) is 8.19. The number of hydrogen-bond acceptors (Lipinski definition) is 5. The fraction of sp³-hybridized carbons (Fsp3) is 0.346. The van der Waals surface area contributed by atoms with Crippen LogP contribution in [0.15, 0.2) is 54.6 Å². The molecule has 3 aromatic rings. The lowest BCUT2D eigenvalue weighted by Crippen LogP contribution is -2.39. The molecule has 3 aromatic carbocycles. The van der Waals surface area contributed by atoms with Crippen LogP contribution < -0.4 is 9.47 Å². The van der Waals surface area contributed by atoms with Gasteiger partial charge >= 0.3 is 0 Å². The summed E-state index contributed by atoms with van der Waals surface area (Å²) in [7, 11) is 3.29. The Morgan fingerprint density at radius 3 is 2.58 bits per heavy atom. The number of fused-ring (bicyclic) bond motifs is 1. The monoisotopic (exact) mass is 419 g/mol. The number of benzene rings is 3. The van der Waals surface area contributed by atoms with E-state index in [-0.39, 0.29) is 17.5 Å². The summed E-state index contributed by atoms with van der Waals surface area (Å²) in [5, 5.41) is 11.6. The van der Waals surface area contributed by atoms with E-state index >= 15 is 0 Å². The highest BCUT2D eigenvalue weighted by atomic mass is 16.5. The molecular weight excluding hydrogens is 390 g/mol. The average Bonchev–Trinajstić information content (AvgIpc) is 2.81. The Balaban J connectivity index is 1.40. The van der Waals surface area contributed by atoms with Crippen LogP contribution in [0.2, 0.25) is 0 Å². The minimum atomic E-state index is 0.0220. The second kappa shape index (κ2) is 9.40. The molecule has 1 heterocycles. The van der Waals surface area contributed by atoms with Crippen LogP contribution in [0.3, 0.4) is 0 Å². The summed E-state index contributed by atoms with van der Waals surface area (Å²) in [6.07, 6.45) is 2.86. The van der Waals surface area contributed by atoms with Crippen LogP contribution in [0.25, 0.3) is 10.8 Å². The largest absolute Gasteiger partial charge is 0.508 e. The first-order valence-electron chi connectivity index (χ1n) is 10.8. The van der Waals surface area contributed by atoms with Gasteiger partial charge < -0.3 is 19.5 Å². The molecule has 31 heavy (non-hydrogen) atoms. The van der Waals surface area contributed by atoms with E-state index in [4.69, 9.17) is 9.47 Å². The van der Waals surface area contributed by atoms with Crippen LogP contribution >= 0.6 is 0 Å². The minimum absolute atomic E-state index is 0.0220. The Morgan fingerprint density at radius 1 is 1.00 bits per heavy atom. The van der Waals surface area contributed by atoms with Crippen LogP contribution in [0.5, 0.6) is 17.2 Å². The number of ketones is 1. The van der Waals surface area contributed by atoms with Crippen molar-refractivity contribution in [1.82, 2.24) is 4.90 Å². The molecule has 1 fully saturated rings. The zero-order valence-electron chi connectivity index (χ0n) is 18.1. The highest BCUT2D eigenvalue weighted by molar-refractivity contribution is 6.01. The van der Waals surface area contributed by atoms with Gasteiger partial charge in [-0.2, -0.15) is 0 Å². The van der Waals surface area contributed by atoms with Gasteiger partial charge in [-0.1, -0.05) is 24.3 Å². The van der Waals surface area contributed by atoms with Gasteiger partial charge in [0.05, 0.1) is 14.2 Å². The molecular formula is C26H29NO4. The van der Waals surface area contributed by atoms with Crippen molar-refractivity contribution in [3.8, 4) is 17.2 Å². The number of methoxy groups -OCH3 is 2. The number of nitrogens with zero attached hydrogens (tertiary/aromatic N) is 1. The molecule has 0 saturated carbocycles. The minimum Gasteiger partial charge on any atom is -0.508 e. The zero-order valence-corrected chi connectivity index (χ0v) is 18.1. The van der Waals surface area contributed by atoms with Crippen molar-refractivity contribution < 1.29 is 19.4 Å². The summed E-state index contributed by atoms with van der Waals surface area (Å²) < 4.78 is 10.7. The Bertz CT molecular complexity index is 1080. The number of ether oxygens (including phenoxy) is 2. The van der Waals surface area contributed by atoms with Gasteiger partial charge in [-0.25, -0.2) is 0 Å². The third kappa shape index (κ3) is 4.83. The number of phenolic OH excluding ortho intramolecular Hbond substituents is 1. The van der Waals surface area contributed by atoms with Gasteiger partial charge in [0.2, 0.25) is 0 Å². The number of aromatic hydroxyl groups is 1. The maximum atomic E-state index is 13.2. The highest BCUT2D eigenvalue weighted by Gasteiger charge is 2.26. The lowest BCUT2D eigenvalue weighted by atomic mass is 9.89. The van der Waals surface area contributed by atoms with E-state index in [1.807, 2.05) is 36.4 Å². The lowest BCUT2D eigenvalue weighted by Gasteiger charge is -2.32. The van der Waals surface area contributed by atoms with Crippen molar-refractivity contribution in [2.75, 3.05) is 33.9 Å². The lowest BCUT2D eigenvalue weighted by molar-refractivity contribution is 0.0821. The summed E-state index contributed by atoms with van der Waals surface area (Å²) >= 11 is 0. The van der Waals surface area contributed by atoms with Crippen LogP contribution in [0, 0.1) is 5.92 Å². The predicted molar refractivity (Wildman–Crippen MR) is 122 cm³/mol. The fourth-order valence-corrected chi connectivity index (χ4v) is 4.42. The van der Waals surface area contributed by atoms with E-state index in [0.717, 1.165) is 66.7 Å². The van der Waals surface area contributed by atoms with Crippen LogP contribution in [0.1, 0.15) is 28.8 Å². The van der Waals surface area contributed by atoms with Gasteiger partial charge in [0.1, 0.15) is 5.75 Å². The standard InChI is InChI=1S/C26H29NO4/c1-30-24-10-5-18(14-25(24)31-2)11-13-27-12-3-4-22(17-27)26(29)21-7-6-20-16-23(28)9-8-19(20)15-21/h5-10,14-16,22,28H,3-4,11-13,17H2,1-2H3. The van der Waals surface area contributed by atoms with Crippen molar-refractivity contribution in [2.24, 2.45) is 5.92 Å². The maximum Gasteiger partial charge on any atom is 0.167 e. The molecule has 0 bridgehead atoms. The molecule has 1 atom stereocenters. The summed E-state index contributed by atoms with van der Waals surface area (Å²) in [4.78, 5) is 15.6.